The third kappa shape index (κ3) is 65.9. The van der Waals surface area contributed by atoms with Gasteiger partial charge in [-0.05, 0) is 83.5 Å². The van der Waals surface area contributed by atoms with Crippen LogP contribution in [0.4, 0.5) is 0 Å². The van der Waals surface area contributed by atoms with Crippen LogP contribution in [0, 0.1) is 0 Å². The van der Waals surface area contributed by atoms with Crippen molar-refractivity contribution >= 4 is 39.5 Å². The van der Waals surface area contributed by atoms with Crippen molar-refractivity contribution < 1.29 is 80.2 Å². The van der Waals surface area contributed by atoms with Gasteiger partial charge < -0.3 is 33.8 Å². The van der Waals surface area contributed by atoms with E-state index >= 15 is 0 Å². The third-order valence-corrected chi connectivity index (χ3v) is 18.0. The molecule has 0 saturated carbocycles. The molecule has 0 amide bonds. The highest BCUT2D eigenvalue weighted by atomic mass is 31.2. The standard InChI is InChI=1S/C73H136O17P2/c1-5-9-13-17-21-25-29-31-33-35-39-42-46-50-54-58-71(76)84-64-69(90-73(78)60-56-52-48-44-40-36-34-32-30-26-22-18-14-10-6-2)66-88-92(81,82)86-62-67(74)61-85-91(79,80)87-65-68(89-72(77)59-55-51-47-43-38-28-24-20-16-12-8-4)63-83-70(75)57-53-49-45-41-37-27-23-19-15-11-7-3/h21,25,31-34,67-69,74H,5-20,22-24,26-30,35-66H2,1-4H3,(H,79,80)(H,81,82)/b25-21-,33-31-,34-32-. The number of unbranched alkanes of at least 4 members (excludes halogenated alkanes) is 39. The number of phosphoric acid groups is 2. The van der Waals surface area contributed by atoms with Crippen molar-refractivity contribution in [2.24, 2.45) is 0 Å². The van der Waals surface area contributed by atoms with Gasteiger partial charge in [0.25, 0.3) is 0 Å². The van der Waals surface area contributed by atoms with Gasteiger partial charge in [-0.3, -0.25) is 37.3 Å². The lowest BCUT2D eigenvalue weighted by atomic mass is 10.1. The Morgan fingerprint density at radius 1 is 0.304 bits per heavy atom. The largest absolute Gasteiger partial charge is 0.472 e. The Morgan fingerprint density at radius 3 is 0.837 bits per heavy atom. The molecule has 0 saturated heterocycles. The average molecular weight is 1350 g/mol. The van der Waals surface area contributed by atoms with Gasteiger partial charge in [-0.2, -0.15) is 0 Å². The van der Waals surface area contributed by atoms with E-state index in [-0.39, 0.29) is 25.7 Å². The van der Waals surface area contributed by atoms with E-state index in [1.807, 2.05) is 0 Å². The van der Waals surface area contributed by atoms with E-state index in [1.54, 1.807) is 0 Å². The zero-order valence-electron chi connectivity index (χ0n) is 58.7. The Labute approximate surface area is 560 Å². The first-order chi connectivity index (χ1) is 44.7. The molecule has 540 valence electrons. The molecule has 19 heteroatoms. The molecule has 3 N–H and O–H groups in total. The highest BCUT2D eigenvalue weighted by Crippen LogP contribution is 2.45. The molecule has 0 spiro atoms. The second-order valence-electron chi connectivity index (χ2n) is 25.2. The molecule has 0 aromatic heterocycles. The number of carbonyl (C=O) groups is 4. The number of aliphatic hydroxyl groups excluding tert-OH is 1. The Balaban J connectivity index is 5.30. The van der Waals surface area contributed by atoms with E-state index in [1.165, 1.54) is 141 Å². The van der Waals surface area contributed by atoms with Gasteiger partial charge in [0.15, 0.2) is 12.2 Å². The second-order valence-corrected chi connectivity index (χ2v) is 28.2. The van der Waals surface area contributed by atoms with Crippen LogP contribution in [0.2, 0.25) is 0 Å². The Morgan fingerprint density at radius 2 is 0.533 bits per heavy atom. The van der Waals surface area contributed by atoms with Gasteiger partial charge in [0.2, 0.25) is 0 Å². The minimum Gasteiger partial charge on any atom is -0.462 e. The maximum Gasteiger partial charge on any atom is 0.472 e. The minimum atomic E-state index is -4.96. The van der Waals surface area contributed by atoms with E-state index in [2.05, 4.69) is 64.2 Å². The van der Waals surface area contributed by atoms with Crippen LogP contribution in [0.15, 0.2) is 36.5 Å². The maximum absolute atomic E-state index is 13.0. The fraction of sp³-hybridized carbons (Fsp3) is 0.863. The number of carbonyl (C=O) groups excluding carboxylic acids is 4. The molecule has 0 rings (SSSR count). The molecule has 17 nitrogen and oxygen atoms in total. The monoisotopic (exact) mass is 1350 g/mol. The molecule has 0 aliphatic heterocycles. The van der Waals surface area contributed by atoms with Crippen molar-refractivity contribution in [2.45, 2.75) is 367 Å². The predicted octanol–water partition coefficient (Wildman–Crippen LogP) is 20.8. The lowest BCUT2D eigenvalue weighted by Crippen LogP contribution is -2.30. The maximum atomic E-state index is 13.0. The van der Waals surface area contributed by atoms with E-state index in [0.717, 1.165) is 128 Å². The molecule has 0 aromatic rings. The molecule has 0 heterocycles. The van der Waals surface area contributed by atoms with Crippen LogP contribution in [-0.2, 0) is 65.4 Å². The average Bonchev–Trinajstić information content (AvgIpc) is 2.93. The van der Waals surface area contributed by atoms with Crippen molar-refractivity contribution in [1.29, 1.82) is 0 Å². The van der Waals surface area contributed by atoms with E-state index < -0.39 is 97.5 Å². The minimum absolute atomic E-state index is 0.0880. The van der Waals surface area contributed by atoms with E-state index in [9.17, 15) is 43.2 Å². The number of allylic oxidation sites excluding steroid dienone is 6. The van der Waals surface area contributed by atoms with Crippen LogP contribution in [-0.4, -0.2) is 96.7 Å². The first kappa shape index (κ1) is 89.3. The molecule has 0 fully saturated rings. The summed E-state index contributed by atoms with van der Waals surface area (Å²) in [7, 11) is -9.92. The van der Waals surface area contributed by atoms with Gasteiger partial charge >= 0.3 is 39.5 Å². The highest BCUT2D eigenvalue weighted by Gasteiger charge is 2.30. The fourth-order valence-corrected chi connectivity index (χ4v) is 11.9. The summed E-state index contributed by atoms with van der Waals surface area (Å²) in [6, 6.07) is 0. The molecule has 92 heavy (non-hydrogen) atoms. The summed E-state index contributed by atoms with van der Waals surface area (Å²) < 4.78 is 68.3. The molecule has 5 atom stereocenters. The van der Waals surface area contributed by atoms with Crippen LogP contribution in [0.1, 0.15) is 349 Å². The smallest absolute Gasteiger partial charge is 0.462 e. The van der Waals surface area contributed by atoms with Crippen LogP contribution < -0.4 is 0 Å². The topological polar surface area (TPSA) is 237 Å². The summed E-state index contributed by atoms with van der Waals surface area (Å²) >= 11 is 0. The number of rotatable bonds is 71. The summed E-state index contributed by atoms with van der Waals surface area (Å²) in [6.07, 6.45) is 60.0. The Hall–Kier alpha value is -2.72. The van der Waals surface area contributed by atoms with Crippen LogP contribution >= 0.6 is 15.6 Å². The predicted molar refractivity (Wildman–Crippen MR) is 372 cm³/mol. The zero-order chi connectivity index (χ0) is 67.5. The number of phosphoric ester groups is 2. The molecule has 0 aliphatic rings. The van der Waals surface area contributed by atoms with E-state index in [4.69, 9.17) is 37.0 Å². The van der Waals surface area contributed by atoms with Crippen LogP contribution in [0.25, 0.3) is 0 Å². The van der Waals surface area contributed by atoms with Crippen molar-refractivity contribution in [1.82, 2.24) is 0 Å². The summed E-state index contributed by atoms with van der Waals surface area (Å²) in [5.41, 5.74) is 0. The number of esters is 4. The number of hydrogen-bond donors (Lipinski definition) is 3. The third-order valence-electron chi connectivity index (χ3n) is 16.1. The van der Waals surface area contributed by atoms with Crippen molar-refractivity contribution in [2.75, 3.05) is 39.6 Å². The van der Waals surface area contributed by atoms with Gasteiger partial charge in [-0.1, -0.05) is 276 Å². The molecule has 5 unspecified atom stereocenters. The molecular weight excluding hydrogens is 1210 g/mol. The molecule has 0 aliphatic carbocycles. The Bertz CT molecular complexity index is 1900. The van der Waals surface area contributed by atoms with Crippen molar-refractivity contribution in [3.63, 3.8) is 0 Å². The first-order valence-corrected chi connectivity index (χ1v) is 40.2. The van der Waals surface area contributed by atoms with Crippen molar-refractivity contribution in [3.8, 4) is 0 Å². The first-order valence-electron chi connectivity index (χ1n) is 37.2. The molecule has 0 aromatic carbocycles. The lowest BCUT2D eigenvalue weighted by molar-refractivity contribution is -0.161. The fourth-order valence-electron chi connectivity index (χ4n) is 10.4. The summed E-state index contributed by atoms with van der Waals surface area (Å²) in [6.45, 7) is 4.86. The molecule has 0 bridgehead atoms. The lowest BCUT2D eigenvalue weighted by Gasteiger charge is -2.21. The van der Waals surface area contributed by atoms with Gasteiger partial charge in [-0.25, -0.2) is 9.13 Å². The zero-order valence-corrected chi connectivity index (χ0v) is 60.5. The summed E-state index contributed by atoms with van der Waals surface area (Å²) in [5, 5.41) is 10.6. The summed E-state index contributed by atoms with van der Waals surface area (Å²) in [5.74, 6) is -2.16. The second kappa shape index (κ2) is 66.9. The SMILES string of the molecule is CCCCC/C=C\C/C=C\CCCCCCCC(=O)OCC(COP(=O)(O)OCC(O)COP(=O)(O)OCC(COC(=O)CCCCCCCCCCCCC)OC(=O)CCCCCCCCCCCCC)OC(=O)CCCCCCC/C=C\CCCCCCCC. The van der Waals surface area contributed by atoms with E-state index in [0.29, 0.717) is 25.7 Å². The van der Waals surface area contributed by atoms with Crippen LogP contribution in [0.3, 0.4) is 0 Å². The van der Waals surface area contributed by atoms with Gasteiger partial charge in [0.05, 0.1) is 26.4 Å². The van der Waals surface area contributed by atoms with Crippen molar-refractivity contribution in [3.05, 3.63) is 36.5 Å². The highest BCUT2D eigenvalue weighted by molar-refractivity contribution is 7.47. The number of hydrogen-bond acceptors (Lipinski definition) is 15. The van der Waals surface area contributed by atoms with Gasteiger partial charge in [-0.15, -0.1) is 0 Å². The Kier molecular flexibility index (Phi) is 64.9. The van der Waals surface area contributed by atoms with Gasteiger partial charge in [0, 0.05) is 25.7 Å². The molecule has 0 radical (unpaired) electrons. The quantitative estimate of drug-likeness (QED) is 0.0169. The number of ether oxygens (including phenoxy) is 4. The normalized spacial score (nSPS) is 14.2. The number of aliphatic hydroxyl groups is 1. The summed E-state index contributed by atoms with van der Waals surface area (Å²) in [4.78, 5) is 72.6. The van der Waals surface area contributed by atoms with Crippen LogP contribution in [0.5, 0.6) is 0 Å². The van der Waals surface area contributed by atoms with Gasteiger partial charge in [0.1, 0.15) is 19.3 Å². The molecular formula is C73H136O17P2.